The molecule has 0 aliphatic carbocycles. The third kappa shape index (κ3) is 1.45. The molecular weight excluding hydrogens is 200 g/mol. The predicted molar refractivity (Wildman–Crippen MR) is 64.3 cm³/mol. The van der Waals surface area contributed by atoms with E-state index >= 15 is 0 Å². The molecule has 3 aliphatic rings. The van der Waals surface area contributed by atoms with E-state index in [1.165, 1.54) is 32.1 Å². The van der Waals surface area contributed by atoms with Gasteiger partial charge in [-0.1, -0.05) is 0 Å². The quantitative estimate of drug-likeness (QED) is 0.733. The number of fused-ring (bicyclic) bond motifs is 2. The Labute approximate surface area is 98.3 Å². The molecule has 0 aromatic rings. The van der Waals surface area contributed by atoms with Gasteiger partial charge in [-0.3, -0.25) is 4.90 Å². The molecular formula is C13H24N2O. The molecule has 0 aromatic carbocycles. The summed E-state index contributed by atoms with van der Waals surface area (Å²) in [5.74, 6) is 0. The molecule has 4 unspecified atom stereocenters. The Kier molecular flexibility index (Phi) is 2.54. The fourth-order valence-electron chi connectivity index (χ4n) is 4.22. The van der Waals surface area contributed by atoms with Crippen molar-refractivity contribution in [1.82, 2.24) is 4.90 Å². The molecule has 3 nitrogen and oxygen atoms in total. The highest BCUT2D eigenvalue weighted by Crippen LogP contribution is 2.44. The molecule has 2 N–H and O–H groups in total. The highest BCUT2D eigenvalue weighted by atomic mass is 16.5. The van der Waals surface area contributed by atoms with E-state index in [9.17, 15) is 0 Å². The maximum Gasteiger partial charge on any atom is 0.0729 e. The zero-order valence-corrected chi connectivity index (χ0v) is 10.5. The molecule has 3 fully saturated rings. The van der Waals surface area contributed by atoms with E-state index in [-0.39, 0.29) is 5.54 Å². The van der Waals surface area contributed by atoms with Gasteiger partial charge in [-0.05, 0) is 46.0 Å². The average molecular weight is 224 g/mol. The average Bonchev–Trinajstić information content (AvgIpc) is 2.69. The summed E-state index contributed by atoms with van der Waals surface area (Å²) in [6.07, 6.45) is 6.65. The van der Waals surface area contributed by atoms with Crippen molar-refractivity contribution in [2.24, 2.45) is 5.73 Å². The Morgan fingerprint density at radius 3 is 2.38 bits per heavy atom. The third-order valence-electron chi connectivity index (χ3n) is 5.21. The van der Waals surface area contributed by atoms with Gasteiger partial charge >= 0.3 is 0 Å². The minimum absolute atomic E-state index is 0.270. The lowest BCUT2D eigenvalue weighted by Gasteiger charge is -2.49. The Hall–Kier alpha value is -0.120. The first-order valence-corrected chi connectivity index (χ1v) is 6.77. The smallest absolute Gasteiger partial charge is 0.0729 e. The number of piperidine rings is 1. The molecule has 2 bridgehead atoms. The van der Waals surface area contributed by atoms with Crippen LogP contribution in [0, 0.1) is 0 Å². The predicted octanol–water partition coefficient (Wildman–Crippen LogP) is 1.51. The van der Waals surface area contributed by atoms with Crippen LogP contribution >= 0.6 is 0 Å². The maximum absolute atomic E-state index is 6.14. The molecule has 3 saturated heterocycles. The first-order chi connectivity index (χ1) is 7.61. The van der Waals surface area contributed by atoms with Crippen molar-refractivity contribution in [1.29, 1.82) is 0 Å². The molecule has 0 radical (unpaired) electrons. The number of hydrogen-bond acceptors (Lipinski definition) is 3. The van der Waals surface area contributed by atoms with Gasteiger partial charge in [-0.15, -0.1) is 0 Å². The number of nitrogens with two attached hydrogens (primary N) is 1. The molecule has 0 spiro atoms. The largest absolute Gasteiger partial charge is 0.377 e. The van der Waals surface area contributed by atoms with Crippen molar-refractivity contribution in [2.45, 2.75) is 75.7 Å². The van der Waals surface area contributed by atoms with Gasteiger partial charge in [-0.25, -0.2) is 0 Å². The van der Waals surface area contributed by atoms with E-state index < -0.39 is 0 Å². The van der Waals surface area contributed by atoms with Gasteiger partial charge in [0.25, 0.3) is 0 Å². The normalized spacial score (nSPS) is 53.4. The minimum atomic E-state index is 0.270. The SMILES string of the molecule is CC1OCCC1(C)N1C2CCC1CC(N)C2. The van der Waals surface area contributed by atoms with E-state index in [1.54, 1.807) is 0 Å². The second-order valence-electron chi connectivity index (χ2n) is 6.14. The fraction of sp³-hybridized carbons (Fsp3) is 1.00. The Bertz CT molecular complexity index is 269. The first kappa shape index (κ1) is 11.0. The zero-order valence-electron chi connectivity index (χ0n) is 10.5. The van der Waals surface area contributed by atoms with E-state index in [1.807, 2.05) is 0 Å². The summed E-state index contributed by atoms with van der Waals surface area (Å²) >= 11 is 0. The summed E-state index contributed by atoms with van der Waals surface area (Å²) in [6.45, 7) is 5.56. The molecule has 0 amide bonds. The summed E-state index contributed by atoms with van der Waals surface area (Å²) in [4.78, 5) is 2.77. The van der Waals surface area contributed by atoms with Crippen molar-refractivity contribution in [3.63, 3.8) is 0 Å². The number of rotatable bonds is 1. The number of nitrogens with zero attached hydrogens (tertiary/aromatic N) is 1. The summed E-state index contributed by atoms with van der Waals surface area (Å²) in [7, 11) is 0. The van der Waals surface area contributed by atoms with Gasteiger partial charge in [0.1, 0.15) is 0 Å². The summed E-state index contributed by atoms with van der Waals surface area (Å²) in [5, 5.41) is 0. The summed E-state index contributed by atoms with van der Waals surface area (Å²) < 4.78 is 5.80. The molecule has 16 heavy (non-hydrogen) atoms. The highest BCUT2D eigenvalue weighted by molar-refractivity contribution is 5.07. The monoisotopic (exact) mass is 224 g/mol. The Morgan fingerprint density at radius 2 is 1.88 bits per heavy atom. The molecule has 3 aliphatic heterocycles. The first-order valence-electron chi connectivity index (χ1n) is 6.77. The van der Waals surface area contributed by atoms with Crippen LogP contribution < -0.4 is 5.73 Å². The van der Waals surface area contributed by atoms with Gasteiger partial charge in [0, 0.05) is 30.3 Å². The Morgan fingerprint density at radius 1 is 1.25 bits per heavy atom. The van der Waals surface area contributed by atoms with Crippen molar-refractivity contribution < 1.29 is 4.74 Å². The molecule has 3 heteroatoms. The molecule has 4 atom stereocenters. The maximum atomic E-state index is 6.14. The molecule has 0 saturated carbocycles. The summed E-state index contributed by atoms with van der Waals surface area (Å²) in [5.41, 5.74) is 6.41. The van der Waals surface area contributed by atoms with Crippen LogP contribution in [0.15, 0.2) is 0 Å². The number of hydrogen-bond donors (Lipinski definition) is 1. The second-order valence-corrected chi connectivity index (χ2v) is 6.14. The van der Waals surface area contributed by atoms with Crippen LogP contribution in [0.4, 0.5) is 0 Å². The fourth-order valence-corrected chi connectivity index (χ4v) is 4.22. The third-order valence-corrected chi connectivity index (χ3v) is 5.21. The zero-order chi connectivity index (χ0) is 11.3. The van der Waals surface area contributed by atoms with E-state index in [4.69, 9.17) is 10.5 Å². The number of ether oxygens (including phenoxy) is 1. The lowest BCUT2D eigenvalue weighted by molar-refractivity contribution is -0.0288. The second kappa shape index (κ2) is 3.69. The molecule has 3 heterocycles. The summed E-state index contributed by atoms with van der Waals surface area (Å²) in [6, 6.07) is 1.89. The van der Waals surface area contributed by atoms with Crippen LogP contribution in [-0.2, 0) is 4.74 Å². The van der Waals surface area contributed by atoms with Crippen LogP contribution in [0.3, 0.4) is 0 Å². The lowest BCUT2D eigenvalue weighted by Crippen LogP contribution is -2.60. The van der Waals surface area contributed by atoms with Gasteiger partial charge in [0.05, 0.1) is 6.10 Å². The Balaban J connectivity index is 1.85. The van der Waals surface area contributed by atoms with E-state index in [0.29, 0.717) is 12.1 Å². The van der Waals surface area contributed by atoms with Crippen molar-refractivity contribution in [3.8, 4) is 0 Å². The van der Waals surface area contributed by atoms with Crippen LogP contribution in [0.25, 0.3) is 0 Å². The van der Waals surface area contributed by atoms with Crippen LogP contribution in [0.1, 0.15) is 46.0 Å². The van der Waals surface area contributed by atoms with Gasteiger partial charge in [-0.2, -0.15) is 0 Å². The standard InChI is InChI=1S/C13H24N2O/c1-9-13(2,5-6-16-9)15-11-3-4-12(15)8-10(14)7-11/h9-12H,3-8,14H2,1-2H3. The highest BCUT2D eigenvalue weighted by Gasteiger charge is 2.52. The van der Waals surface area contributed by atoms with Crippen molar-refractivity contribution in [3.05, 3.63) is 0 Å². The van der Waals surface area contributed by atoms with Gasteiger partial charge < -0.3 is 10.5 Å². The molecule has 3 rings (SSSR count). The molecule has 92 valence electrons. The van der Waals surface area contributed by atoms with Crippen LogP contribution in [0.2, 0.25) is 0 Å². The van der Waals surface area contributed by atoms with Crippen LogP contribution in [-0.4, -0.2) is 41.3 Å². The van der Waals surface area contributed by atoms with Gasteiger partial charge in [0.2, 0.25) is 0 Å². The van der Waals surface area contributed by atoms with Crippen LogP contribution in [0.5, 0.6) is 0 Å². The minimum Gasteiger partial charge on any atom is -0.377 e. The van der Waals surface area contributed by atoms with Crippen molar-refractivity contribution >= 4 is 0 Å². The lowest BCUT2D eigenvalue weighted by atomic mass is 9.86. The molecule has 0 aromatic heterocycles. The van der Waals surface area contributed by atoms with Gasteiger partial charge in [0.15, 0.2) is 0 Å². The topological polar surface area (TPSA) is 38.5 Å². The van der Waals surface area contributed by atoms with E-state index in [2.05, 4.69) is 18.7 Å². The van der Waals surface area contributed by atoms with E-state index in [0.717, 1.165) is 18.7 Å². The van der Waals surface area contributed by atoms with Crippen molar-refractivity contribution in [2.75, 3.05) is 6.61 Å².